The fourth-order valence-electron chi connectivity index (χ4n) is 3.85. The molecule has 1 aliphatic carbocycles. The van der Waals surface area contributed by atoms with Gasteiger partial charge in [0.25, 0.3) is 0 Å². The molecule has 0 amide bonds. The van der Waals surface area contributed by atoms with Crippen LogP contribution in [-0.4, -0.2) is 25.9 Å². The standard InChI is InChI=1S/C22H31NO2/c1-3-24-13-14-25-22-12-11-18-8-4-5-10-20(18)21(22)16-23-19-9-6-7-17(2)15-19/h4-5,8,10-12,17,19,23H,3,6-7,9,13-16H2,1-2H3. The highest BCUT2D eigenvalue weighted by molar-refractivity contribution is 5.87. The van der Waals surface area contributed by atoms with Crippen LogP contribution in [0.4, 0.5) is 0 Å². The molecule has 0 bridgehead atoms. The highest BCUT2D eigenvalue weighted by Gasteiger charge is 2.19. The van der Waals surface area contributed by atoms with Crippen molar-refractivity contribution in [3.8, 4) is 5.75 Å². The van der Waals surface area contributed by atoms with Gasteiger partial charge in [-0.25, -0.2) is 0 Å². The lowest BCUT2D eigenvalue weighted by atomic mass is 9.87. The molecule has 0 aromatic heterocycles. The number of nitrogens with one attached hydrogen (secondary N) is 1. The van der Waals surface area contributed by atoms with Crippen molar-refractivity contribution in [1.29, 1.82) is 0 Å². The van der Waals surface area contributed by atoms with E-state index in [1.54, 1.807) is 0 Å². The third-order valence-electron chi connectivity index (χ3n) is 5.19. The van der Waals surface area contributed by atoms with Crippen LogP contribution in [0.3, 0.4) is 0 Å². The summed E-state index contributed by atoms with van der Waals surface area (Å²) in [6, 6.07) is 13.5. The van der Waals surface area contributed by atoms with Gasteiger partial charge in [-0.05, 0) is 42.5 Å². The zero-order chi connectivity index (χ0) is 17.5. The van der Waals surface area contributed by atoms with Gasteiger partial charge in [0.05, 0.1) is 6.61 Å². The van der Waals surface area contributed by atoms with Gasteiger partial charge in [-0.3, -0.25) is 0 Å². The van der Waals surface area contributed by atoms with Gasteiger partial charge in [-0.15, -0.1) is 0 Å². The molecule has 2 unspecified atom stereocenters. The van der Waals surface area contributed by atoms with Gasteiger partial charge in [0.15, 0.2) is 0 Å². The molecule has 3 rings (SSSR count). The molecule has 1 saturated carbocycles. The number of hydrogen-bond donors (Lipinski definition) is 1. The summed E-state index contributed by atoms with van der Waals surface area (Å²) >= 11 is 0. The second-order valence-corrected chi connectivity index (χ2v) is 7.16. The molecular weight excluding hydrogens is 310 g/mol. The van der Waals surface area contributed by atoms with E-state index in [0.717, 1.165) is 24.8 Å². The average molecular weight is 341 g/mol. The van der Waals surface area contributed by atoms with Crippen molar-refractivity contribution in [1.82, 2.24) is 5.32 Å². The Kier molecular flexibility index (Phi) is 6.71. The molecule has 3 nitrogen and oxygen atoms in total. The predicted octanol–water partition coefficient (Wildman–Crippen LogP) is 4.92. The fourth-order valence-corrected chi connectivity index (χ4v) is 3.85. The second kappa shape index (κ2) is 9.21. The van der Waals surface area contributed by atoms with Crippen molar-refractivity contribution in [3.05, 3.63) is 42.0 Å². The summed E-state index contributed by atoms with van der Waals surface area (Å²) in [5.41, 5.74) is 1.27. The van der Waals surface area contributed by atoms with Gasteiger partial charge in [0.2, 0.25) is 0 Å². The lowest BCUT2D eigenvalue weighted by Crippen LogP contribution is -2.33. The van der Waals surface area contributed by atoms with Crippen LogP contribution in [0.1, 0.15) is 45.1 Å². The maximum Gasteiger partial charge on any atom is 0.124 e. The smallest absolute Gasteiger partial charge is 0.124 e. The molecule has 2 atom stereocenters. The van der Waals surface area contributed by atoms with Crippen molar-refractivity contribution in [2.24, 2.45) is 5.92 Å². The zero-order valence-electron chi connectivity index (χ0n) is 15.6. The lowest BCUT2D eigenvalue weighted by Gasteiger charge is -2.28. The molecule has 136 valence electrons. The van der Waals surface area contributed by atoms with E-state index in [4.69, 9.17) is 9.47 Å². The Balaban J connectivity index is 1.74. The van der Waals surface area contributed by atoms with Crippen LogP contribution in [-0.2, 0) is 11.3 Å². The van der Waals surface area contributed by atoms with E-state index in [1.807, 2.05) is 6.92 Å². The molecule has 1 aliphatic rings. The number of hydrogen-bond acceptors (Lipinski definition) is 3. The van der Waals surface area contributed by atoms with Crippen LogP contribution in [0.15, 0.2) is 36.4 Å². The number of rotatable bonds is 8. The van der Waals surface area contributed by atoms with Gasteiger partial charge in [0, 0.05) is 24.8 Å². The van der Waals surface area contributed by atoms with Gasteiger partial charge in [-0.1, -0.05) is 50.1 Å². The van der Waals surface area contributed by atoms with Crippen LogP contribution in [0.5, 0.6) is 5.75 Å². The third kappa shape index (κ3) is 4.96. The van der Waals surface area contributed by atoms with E-state index in [-0.39, 0.29) is 0 Å². The third-order valence-corrected chi connectivity index (χ3v) is 5.19. The number of benzene rings is 2. The molecule has 0 aliphatic heterocycles. The molecule has 3 heteroatoms. The number of fused-ring (bicyclic) bond motifs is 1. The van der Waals surface area contributed by atoms with E-state index in [1.165, 1.54) is 42.0 Å². The summed E-state index contributed by atoms with van der Waals surface area (Å²) in [5, 5.41) is 6.35. The Morgan fingerprint density at radius 2 is 1.96 bits per heavy atom. The molecule has 0 saturated heterocycles. The first-order valence-corrected chi connectivity index (χ1v) is 9.72. The normalized spacial score (nSPS) is 20.7. The van der Waals surface area contributed by atoms with Crippen molar-refractivity contribution in [2.75, 3.05) is 19.8 Å². The Bertz CT molecular complexity index is 670. The predicted molar refractivity (Wildman–Crippen MR) is 104 cm³/mol. The Labute approximate surface area is 151 Å². The maximum atomic E-state index is 6.04. The monoisotopic (exact) mass is 341 g/mol. The first kappa shape index (κ1) is 18.2. The molecule has 1 N–H and O–H groups in total. The molecule has 0 heterocycles. The van der Waals surface area contributed by atoms with Gasteiger partial charge in [0.1, 0.15) is 12.4 Å². The van der Waals surface area contributed by atoms with E-state index in [9.17, 15) is 0 Å². The SMILES string of the molecule is CCOCCOc1ccc2ccccc2c1CNC1CCCC(C)C1. The van der Waals surface area contributed by atoms with Gasteiger partial charge < -0.3 is 14.8 Å². The quantitative estimate of drug-likeness (QED) is 0.691. The Morgan fingerprint density at radius 3 is 2.80 bits per heavy atom. The molecule has 25 heavy (non-hydrogen) atoms. The Hall–Kier alpha value is -1.58. The minimum Gasteiger partial charge on any atom is -0.491 e. The van der Waals surface area contributed by atoms with Crippen molar-refractivity contribution >= 4 is 10.8 Å². The highest BCUT2D eigenvalue weighted by Crippen LogP contribution is 2.29. The van der Waals surface area contributed by atoms with E-state index in [2.05, 4.69) is 48.6 Å². The first-order chi connectivity index (χ1) is 12.3. The minimum absolute atomic E-state index is 0.597. The summed E-state index contributed by atoms with van der Waals surface area (Å²) in [5.74, 6) is 1.82. The largest absolute Gasteiger partial charge is 0.491 e. The van der Waals surface area contributed by atoms with Crippen LogP contribution in [0, 0.1) is 5.92 Å². The lowest BCUT2D eigenvalue weighted by molar-refractivity contribution is 0.110. The summed E-state index contributed by atoms with van der Waals surface area (Å²) < 4.78 is 11.5. The molecule has 0 radical (unpaired) electrons. The zero-order valence-corrected chi connectivity index (χ0v) is 15.6. The van der Waals surface area contributed by atoms with E-state index in [0.29, 0.717) is 19.3 Å². The first-order valence-electron chi connectivity index (χ1n) is 9.72. The van der Waals surface area contributed by atoms with Crippen molar-refractivity contribution < 1.29 is 9.47 Å². The summed E-state index contributed by atoms with van der Waals surface area (Å²) in [7, 11) is 0. The topological polar surface area (TPSA) is 30.5 Å². The summed E-state index contributed by atoms with van der Waals surface area (Å²) in [6.45, 7) is 7.21. The number of ether oxygens (including phenoxy) is 2. The highest BCUT2D eigenvalue weighted by atomic mass is 16.5. The second-order valence-electron chi connectivity index (χ2n) is 7.16. The van der Waals surface area contributed by atoms with Crippen LogP contribution >= 0.6 is 0 Å². The molecule has 1 fully saturated rings. The average Bonchev–Trinajstić information content (AvgIpc) is 2.64. The van der Waals surface area contributed by atoms with Crippen molar-refractivity contribution in [2.45, 2.75) is 52.1 Å². The molecule has 0 spiro atoms. The summed E-state index contributed by atoms with van der Waals surface area (Å²) in [4.78, 5) is 0. The van der Waals surface area contributed by atoms with E-state index >= 15 is 0 Å². The molecule has 2 aromatic carbocycles. The van der Waals surface area contributed by atoms with Crippen molar-refractivity contribution in [3.63, 3.8) is 0 Å². The van der Waals surface area contributed by atoms with E-state index < -0.39 is 0 Å². The summed E-state index contributed by atoms with van der Waals surface area (Å²) in [6.07, 6.45) is 5.28. The van der Waals surface area contributed by atoms with Crippen LogP contribution in [0.25, 0.3) is 10.8 Å². The van der Waals surface area contributed by atoms with Gasteiger partial charge >= 0.3 is 0 Å². The molecule has 2 aromatic rings. The van der Waals surface area contributed by atoms with Crippen LogP contribution in [0.2, 0.25) is 0 Å². The van der Waals surface area contributed by atoms with Gasteiger partial charge in [-0.2, -0.15) is 0 Å². The maximum absolute atomic E-state index is 6.04. The minimum atomic E-state index is 0.597. The fraction of sp³-hybridized carbons (Fsp3) is 0.545. The van der Waals surface area contributed by atoms with Crippen LogP contribution < -0.4 is 10.1 Å². The molecular formula is C22H31NO2. The Morgan fingerprint density at radius 1 is 1.08 bits per heavy atom.